The van der Waals surface area contributed by atoms with Crippen LogP contribution in [0.1, 0.15) is 30.6 Å². The molecule has 1 aromatic rings. The molecule has 1 aliphatic carbocycles. The molecule has 1 N–H and O–H groups in total. The first-order valence-corrected chi connectivity index (χ1v) is 8.72. The Morgan fingerprint density at radius 2 is 2.39 bits per heavy atom. The first-order valence-electron chi connectivity index (χ1n) is 6.23. The molecule has 2 nitrogen and oxygen atoms in total. The van der Waals surface area contributed by atoms with Gasteiger partial charge in [-0.15, -0.1) is 11.3 Å². The third kappa shape index (κ3) is 4.18. The van der Waals surface area contributed by atoms with Crippen LogP contribution in [0.4, 0.5) is 0 Å². The maximum absolute atomic E-state index is 11.8. The van der Waals surface area contributed by atoms with Gasteiger partial charge < -0.3 is 5.32 Å². The van der Waals surface area contributed by atoms with Crippen LogP contribution in [0.3, 0.4) is 0 Å². The SMILES string of the molecule is CS[C@@H]1CC[C@@H](NC(=O)CCc2ccc(Cl)s2)C1. The van der Waals surface area contributed by atoms with Crippen LogP contribution in [-0.2, 0) is 11.2 Å². The van der Waals surface area contributed by atoms with Gasteiger partial charge in [-0.05, 0) is 44.1 Å². The van der Waals surface area contributed by atoms with E-state index >= 15 is 0 Å². The predicted molar refractivity (Wildman–Crippen MR) is 80.7 cm³/mol. The van der Waals surface area contributed by atoms with Crippen LogP contribution in [0.15, 0.2) is 12.1 Å². The molecule has 1 aromatic heterocycles. The summed E-state index contributed by atoms with van der Waals surface area (Å²) < 4.78 is 0.795. The number of amides is 1. The number of aryl methyl sites for hydroxylation is 1. The normalized spacial score (nSPS) is 23.2. The van der Waals surface area contributed by atoms with E-state index in [-0.39, 0.29) is 5.91 Å². The van der Waals surface area contributed by atoms with Gasteiger partial charge in [-0.1, -0.05) is 11.6 Å². The van der Waals surface area contributed by atoms with E-state index in [1.165, 1.54) is 11.3 Å². The van der Waals surface area contributed by atoms with Crippen molar-refractivity contribution in [1.82, 2.24) is 5.32 Å². The van der Waals surface area contributed by atoms with E-state index in [0.29, 0.717) is 12.5 Å². The van der Waals surface area contributed by atoms with Gasteiger partial charge in [0.05, 0.1) is 4.34 Å². The molecule has 1 heterocycles. The van der Waals surface area contributed by atoms with Gasteiger partial charge in [-0.3, -0.25) is 4.79 Å². The number of nitrogens with one attached hydrogen (secondary N) is 1. The fourth-order valence-electron chi connectivity index (χ4n) is 2.31. The lowest BCUT2D eigenvalue weighted by Crippen LogP contribution is -2.33. The zero-order chi connectivity index (χ0) is 13.0. The highest BCUT2D eigenvalue weighted by Gasteiger charge is 2.24. The summed E-state index contributed by atoms with van der Waals surface area (Å²) in [7, 11) is 0. The number of halogens is 1. The number of hydrogen-bond donors (Lipinski definition) is 1. The van der Waals surface area contributed by atoms with E-state index in [9.17, 15) is 4.79 Å². The standard InChI is InChI=1S/C13H18ClNOS2/c1-17-11-3-2-9(8-11)15-13(16)7-5-10-4-6-12(14)18-10/h4,6,9,11H,2-3,5,7-8H2,1H3,(H,15,16)/t9-,11-/m1/s1. The van der Waals surface area contributed by atoms with Crippen molar-refractivity contribution in [2.45, 2.75) is 43.4 Å². The number of carbonyl (C=O) groups excluding carboxylic acids is 1. The first kappa shape index (κ1) is 14.2. The van der Waals surface area contributed by atoms with Crippen LogP contribution < -0.4 is 5.32 Å². The number of rotatable bonds is 5. The van der Waals surface area contributed by atoms with Gasteiger partial charge >= 0.3 is 0 Å². The molecule has 18 heavy (non-hydrogen) atoms. The summed E-state index contributed by atoms with van der Waals surface area (Å²) in [6.45, 7) is 0. The van der Waals surface area contributed by atoms with Crippen molar-refractivity contribution in [3.63, 3.8) is 0 Å². The molecule has 0 aromatic carbocycles. The summed E-state index contributed by atoms with van der Waals surface area (Å²) in [5.74, 6) is 0.172. The average Bonchev–Trinajstić information content (AvgIpc) is 2.95. The molecule has 1 aliphatic rings. The first-order chi connectivity index (χ1) is 8.67. The lowest BCUT2D eigenvalue weighted by atomic mass is 10.2. The highest BCUT2D eigenvalue weighted by atomic mass is 35.5. The van der Waals surface area contributed by atoms with Crippen molar-refractivity contribution >= 4 is 40.6 Å². The van der Waals surface area contributed by atoms with Crippen molar-refractivity contribution in [3.05, 3.63) is 21.3 Å². The molecule has 2 atom stereocenters. The van der Waals surface area contributed by atoms with Crippen LogP contribution in [-0.4, -0.2) is 23.5 Å². The Kier molecular flexibility index (Phi) is 5.39. The Hall–Kier alpha value is -0.190. The maximum atomic E-state index is 11.8. The minimum absolute atomic E-state index is 0.172. The highest BCUT2D eigenvalue weighted by Crippen LogP contribution is 2.28. The summed E-state index contributed by atoms with van der Waals surface area (Å²) in [6.07, 6.45) is 6.99. The van der Waals surface area contributed by atoms with Crippen molar-refractivity contribution in [3.8, 4) is 0 Å². The molecule has 1 saturated carbocycles. The number of thiophene rings is 1. The largest absolute Gasteiger partial charge is 0.353 e. The molecule has 5 heteroatoms. The van der Waals surface area contributed by atoms with Crippen LogP contribution in [0.2, 0.25) is 4.34 Å². The molecule has 0 unspecified atom stereocenters. The molecule has 0 spiro atoms. The Morgan fingerprint density at radius 3 is 3.00 bits per heavy atom. The summed E-state index contributed by atoms with van der Waals surface area (Å²) >= 11 is 9.33. The molecular weight excluding hydrogens is 286 g/mol. The van der Waals surface area contributed by atoms with Crippen molar-refractivity contribution in [2.75, 3.05) is 6.26 Å². The van der Waals surface area contributed by atoms with Gasteiger partial charge in [0.1, 0.15) is 0 Å². The second kappa shape index (κ2) is 6.83. The Balaban J connectivity index is 1.69. The minimum Gasteiger partial charge on any atom is -0.353 e. The molecule has 100 valence electrons. The van der Waals surface area contributed by atoms with E-state index < -0.39 is 0 Å². The van der Waals surface area contributed by atoms with E-state index in [0.717, 1.165) is 28.8 Å². The third-order valence-corrected chi connectivity index (χ3v) is 5.70. The number of carbonyl (C=O) groups is 1. The fourth-order valence-corrected chi connectivity index (χ4v) is 4.19. The Labute approximate surface area is 121 Å². The molecule has 0 radical (unpaired) electrons. The lowest BCUT2D eigenvalue weighted by Gasteiger charge is -2.12. The predicted octanol–water partition coefficient (Wildman–Crippen LogP) is 3.73. The zero-order valence-electron chi connectivity index (χ0n) is 10.4. The van der Waals surface area contributed by atoms with Crippen LogP contribution in [0.5, 0.6) is 0 Å². The van der Waals surface area contributed by atoms with Crippen molar-refractivity contribution in [2.24, 2.45) is 0 Å². The van der Waals surface area contributed by atoms with Gasteiger partial charge in [0, 0.05) is 22.6 Å². The second-order valence-corrected chi connectivity index (χ2v) is 7.58. The topological polar surface area (TPSA) is 29.1 Å². The molecule has 1 amide bonds. The van der Waals surface area contributed by atoms with Gasteiger partial charge in [0.25, 0.3) is 0 Å². The van der Waals surface area contributed by atoms with Crippen LogP contribution in [0, 0.1) is 0 Å². The third-order valence-electron chi connectivity index (χ3n) is 3.31. The molecule has 2 rings (SSSR count). The van der Waals surface area contributed by atoms with Crippen LogP contribution >= 0.6 is 34.7 Å². The van der Waals surface area contributed by atoms with E-state index in [1.54, 1.807) is 11.3 Å². The second-order valence-electron chi connectivity index (χ2n) is 4.64. The summed E-state index contributed by atoms with van der Waals surface area (Å²) in [5.41, 5.74) is 0. The number of thioether (sulfide) groups is 1. The highest BCUT2D eigenvalue weighted by molar-refractivity contribution is 7.99. The lowest BCUT2D eigenvalue weighted by molar-refractivity contribution is -0.121. The monoisotopic (exact) mass is 303 g/mol. The smallest absolute Gasteiger partial charge is 0.220 e. The quantitative estimate of drug-likeness (QED) is 0.898. The number of hydrogen-bond acceptors (Lipinski definition) is 3. The molecule has 0 bridgehead atoms. The van der Waals surface area contributed by atoms with Gasteiger partial charge in [-0.25, -0.2) is 0 Å². The van der Waals surface area contributed by atoms with Crippen molar-refractivity contribution in [1.29, 1.82) is 0 Å². The Bertz CT molecular complexity index is 407. The summed E-state index contributed by atoms with van der Waals surface area (Å²) in [6, 6.07) is 4.28. The molecule has 0 aliphatic heterocycles. The summed E-state index contributed by atoms with van der Waals surface area (Å²) in [5, 5.41) is 3.87. The molecule has 0 saturated heterocycles. The van der Waals surface area contributed by atoms with Gasteiger partial charge in [-0.2, -0.15) is 11.8 Å². The fraction of sp³-hybridized carbons (Fsp3) is 0.615. The van der Waals surface area contributed by atoms with Gasteiger partial charge in [0.2, 0.25) is 5.91 Å². The van der Waals surface area contributed by atoms with E-state index in [4.69, 9.17) is 11.6 Å². The zero-order valence-corrected chi connectivity index (χ0v) is 12.8. The summed E-state index contributed by atoms with van der Waals surface area (Å²) in [4.78, 5) is 13.0. The van der Waals surface area contributed by atoms with Crippen molar-refractivity contribution < 1.29 is 4.79 Å². The maximum Gasteiger partial charge on any atom is 0.220 e. The average molecular weight is 304 g/mol. The Morgan fingerprint density at radius 1 is 1.56 bits per heavy atom. The molecule has 1 fully saturated rings. The van der Waals surface area contributed by atoms with E-state index in [1.807, 2.05) is 23.9 Å². The molecular formula is C13H18ClNOS2. The van der Waals surface area contributed by atoms with E-state index in [2.05, 4.69) is 11.6 Å². The van der Waals surface area contributed by atoms with Gasteiger partial charge in [0.15, 0.2) is 0 Å². The minimum atomic E-state index is 0.172. The van der Waals surface area contributed by atoms with Crippen LogP contribution in [0.25, 0.3) is 0 Å².